The number of Topliss-reactive ketones (excluding diaryl/α,β-unsaturated/α-hetero) is 1. The van der Waals surface area contributed by atoms with E-state index in [1.54, 1.807) is 23.1 Å². The Labute approximate surface area is 205 Å². The number of nitrogens with zero attached hydrogens (tertiary/aromatic N) is 2. The van der Waals surface area contributed by atoms with Gasteiger partial charge in [0.15, 0.2) is 11.5 Å². The lowest BCUT2D eigenvalue weighted by Crippen LogP contribution is -2.32. The molecular formula is C27H32N2O6. The number of likely N-dealkylation sites (tertiary alicyclic amines) is 1. The molecule has 4 rings (SSSR count). The van der Waals surface area contributed by atoms with Crippen LogP contribution in [0.15, 0.2) is 48.0 Å². The summed E-state index contributed by atoms with van der Waals surface area (Å²) >= 11 is 0. The van der Waals surface area contributed by atoms with E-state index in [1.807, 2.05) is 50.2 Å². The molecule has 0 radical (unpaired) electrons. The minimum absolute atomic E-state index is 0.0683. The molecule has 1 atom stereocenters. The van der Waals surface area contributed by atoms with Gasteiger partial charge in [0, 0.05) is 12.1 Å². The van der Waals surface area contributed by atoms with Crippen LogP contribution >= 0.6 is 0 Å². The number of aliphatic hydroxyl groups excluding tert-OH is 1. The van der Waals surface area contributed by atoms with E-state index in [-0.39, 0.29) is 11.3 Å². The molecule has 0 bridgehead atoms. The highest BCUT2D eigenvalue weighted by Crippen LogP contribution is 2.41. The van der Waals surface area contributed by atoms with Crippen LogP contribution < -0.4 is 14.2 Å². The van der Waals surface area contributed by atoms with E-state index < -0.39 is 17.7 Å². The van der Waals surface area contributed by atoms with E-state index in [4.69, 9.17) is 14.2 Å². The molecule has 1 saturated heterocycles. The number of fused-ring (bicyclic) bond motifs is 1. The molecule has 0 aliphatic carbocycles. The van der Waals surface area contributed by atoms with Crippen LogP contribution in [0.4, 0.5) is 0 Å². The van der Waals surface area contributed by atoms with E-state index in [1.165, 1.54) is 0 Å². The highest BCUT2D eigenvalue weighted by atomic mass is 16.6. The molecule has 2 aromatic rings. The first-order valence-corrected chi connectivity index (χ1v) is 12.0. The average Bonchev–Trinajstić information content (AvgIpc) is 3.12. The first kappa shape index (κ1) is 24.6. The van der Waals surface area contributed by atoms with Gasteiger partial charge in [-0.3, -0.25) is 9.59 Å². The van der Waals surface area contributed by atoms with Crippen molar-refractivity contribution in [2.45, 2.75) is 25.8 Å². The fourth-order valence-electron chi connectivity index (χ4n) is 4.33. The molecule has 2 aliphatic heterocycles. The van der Waals surface area contributed by atoms with Crippen molar-refractivity contribution in [1.29, 1.82) is 0 Å². The van der Waals surface area contributed by atoms with Crippen molar-refractivity contribution in [3.63, 3.8) is 0 Å². The van der Waals surface area contributed by atoms with Crippen LogP contribution in [0.25, 0.3) is 5.76 Å². The number of amides is 1. The lowest BCUT2D eigenvalue weighted by Gasteiger charge is -2.26. The second-order valence-electron chi connectivity index (χ2n) is 8.93. The summed E-state index contributed by atoms with van der Waals surface area (Å²) in [4.78, 5) is 29.9. The predicted molar refractivity (Wildman–Crippen MR) is 132 cm³/mol. The predicted octanol–water partition coefficient (Wildman–Crippen LogP) is 3.62. The Morgan fingerprint density at radius 2 is 1.80 bits per heavy atom. The topological polar surface area (TPSA) is 88.5 Å². The third-order valence-electron chi connectivity index (χ3n) is 6.03. The van der Waals surface area contributed by atoms with Crippen LogP contribution in [0.3, 0.4) is 0 Å². The van der Waals surface area contributed by atoms with Gasteiger partial charge in [-0.25, -0.2) is 0 Å². The normalized spacial score (nSPS) is 18.9. The molecule has 8 heteroatoms. The Kier molecular flexibility index (Phi) is 7.60. The van der Waals surface area contributed by atoms with Crippen LogP contribution in [0.1, 0.15) is 36.9 Å². The van der Waals surface area contributed by atoms with Crippen LogP contribution in [0.5, 0.6) is 17.2 Å². The first-order chi connectivity index (χ1) is 16.9. The molecule has 2 heterocycles. The second kappa shape index (κ2) is 10.8. The Bertz CT molecular complexity index is 1110. The summed E-state index contributed by atoms with van der Waals surface area (Å²) < 4.78 is 16.9. The minimum Gasteiger partial charge on any atom is -0.507 e. The Balaban J connectivity index is 1.74. The van der Waals surface area contributed by atoms with Crippen molar-refractivity contribution in [3.05, 3.63) is 59.2 Å². The Morgan fingerprint density at radius 1 is 1.09 bits per heavy atom. The summed E-state index contributed by atoms with van der Waals surface area (Å²) in [6, 6.07) is 11.7. The third-order valence-corrected chi connectivity index (χ3v) is 6.03. The maximum atomic E-state index is 13.2. The van der Waals surface area contributed by atoms with Crippen LogP contribution in [-0.4, -0.2) is 73.6 Å². The lowest BCUT2D eigenvalue weighted by atomic mass is 9.95. The molecule has 1 fully saturated rings. The van der Waals surface area contributed by atoms with Crippen molar-refractivity contribution in [2.24, 2.45) is 0 Å². The van der Waals surface area contributed by atoms with Gasteiger partial charge in [-0.2, -0.15) is 0 Å². The molecule has 0 aromatic heterocycles. The molecular weight excluding hydrogens is 448 g/mol. The fraction of sp³-hybridized carbons (Fsp3) is 0.407. The van der Waals surface area contributed by atoms with E-state index in [9.17, 15) is 14.7 Å². The maximum absolute atomic E-state index is 13.2. The van der Waals surface area contributed by atoms with Gasteiger partial charge in [0.25, 0.3) is 11.7 Å². The number of carbonyl (C=O) groups excluding carboxylic acids is 2. The Hall–Kier alpha value is -3.52. The van der Waals surface area contributed by atoms with Gasteiger partial charge in [-0.1, -0.05) is 19.1 Å². The summed E-state index contributed by atoms with van der Waals surface area (Å²) in [6.07, 6.45) is 1.58. The zero-order valence-electron chi connectivity index (χ0n) is 20.5. The van der Waals surface area contributed by atoms with E-state index in [0.717, 1.165) is 18.5 Å². The van der Waals surface area contributed by atoms with Crippen LogP contribution in [0.2, 0.25) is 0 Å². The number of benzene rings is 2. The van der Waals surface area contributed by atoms with Crippen molar-refractivity contribution in [2.75, 3.05) is 47.0 Å². The van der Waals surface area contributed by atoms with E-state index in [2.05, 4.69) is 0 Å². The minimum atomic E-state index is -0.703. The smallest absolute Gasteiger partial charge is 0.295 e. The molecule has 8 nitrogen and oxygen atoms in total. The van der Waals surface area contributed by atoms with Gasteiger partial charge in [0.05, 0.1) is 18.2 Å². The van der Waals surface area contributed by atoms with Crippen LogP contribution in [0, 0.1) is 0 Å². The molecule has 186 valence electrons. The lowest BCUT2D eigenvalue weighted by molar-refractivity contribution is -0.139. The van der Waals surface area contributed by atoms with Gasteiger partial charge in [0.2, 0.25) is 0 Å². The SMILES string of the molecule is CCCOc1ccc([C@H]2/C(=C(\O)c3ccc4c(c3)OCCO4)C(=O)C(=O)N2CCCN(C)C)cc1. The maximum Gasteiger partial charge on any atom is 0.295 e. The van der Waals surface area contributed by atoms with E-state index in [0.29, 0.717) is 55.6 Å². The standard InChI is InChI=1S/C27H32N2O6/c1-4-14-33-20-9-6-18(7-10-20)24-23(26(31)27(32)29(24)13-5-12-28(2)3)25(30)19-8-11-21-22(17-19)35-16-15-34-21/h6-11,17,24,30H,4-5,12-16H2,1-3H3/b25-23+/t24-/m0/s1. The number of hydrogen-bond acceptors (Lipinski definition) is 7. The average molecular weight is 481 g/mol. The zero-order chi connectivity index (χ0) is 24.9. The molecule has 2 aliphatic rings. The zero-order valence-corrected chi connectivity index (χ0v) is 20.5. The van der Waals surface area contributed by atoms with Crippen molar-refractivity contribution >= 4 is 17.4 Å². The molecule has 1 amide bonds. The number of hydrogen-bond donors (Lipinski definition) is 1. The summed E-state index contributed by atoms with van der Waals surface area (Å²) in [5.74, 6) is 0.252. The van der Waals surface area contributed by atoms with Crippen molar-refractivity contribution < 1.29 is 28.9 Å². The molecule has 0 spiro atoms. The number of rotatable bonds is 9. The van der Waals surface area contributed by atoms with Gasteiger partial charge in [-0.15, -0.1) is 0 Å². The highest BCUT2D eigenvalue weighted by molar-refractivity contribution is 6.46. The Morgan fingerprint density at radius 3 is 2.49 bits per heavy atom. The quantitative estimate of drug-likeness (QED) is 0.333. The van der Waals surface area contributed by atoms with Crippen LogP contribution in [-0.2, 0) is 9.59 Å². The molecule has 0 unspecified atom stereocenters. The summed E-state index contributed by atoms with van der Waals surface area (Å²) in [5.41, 5.74) is 1.20. The second-order valence-corrected chi connectivity index (χ2v) is 8.93. The molecule has 35 heavy (non-hydrogen) atoms. The van der Waals surface area contributed by atoms with Gasteiger partial charge >= 0.3 is 0 Å². The molecule has 1 N–H and O–H groups in total. The number of ether oxygens (including phenoxy) is 3. The number of ketones is 1. The van der Waals surface area contributed by atoms with Gasteiger partial charge in [-0.05, 0) is 69.4 Å². The summed E-state index contributed by atoms with van der Waals surface area (Å²) in [6.45, 7) is 4.65. The van der Waals surface area contributed by atoms with E-state index >= 15 is 0 Å². The number of carbonyl (C=O) groups is 2. The third kappa shape index (κ3) is 5.27. The van der Waals surface area contributed by atoms with Gasteiger partial charge < -0.3 is 29.1 Å². The monoisotopic (exact) mass is 480 g/mol. The summed E-state index contributed by atoms with van der Waals surface area (Å²) in [7, 11) is 3.92. The van der Waals surface area contributed by atoms with Gasteiger partial charge in [0.1, 0.15) is 24.7 Å². The van der Waals surface area contributed by atoms with Crippen molar-refractivity contribution in [3.8, 4) is 17.2 Å². The largest absolute Gasteiger partial charge is 0.507 e. The first-order valence-electron chi connectivity index (χ1n) is 12.0. The molecule has 0 saturated carbocycles. The summed E-state index contributed by atoms with van der Waals surface area (Å²) in [5, 5.41) is 11.3. The molecule has 2 aromatic carbocycles. The highest BCUT2D eigenvalue weighted by Gasteiger charge is 2.45. The number of aliphatic hydroxyl groups is 1. The van der Waals surface area contributed by atoms with Crippen molar-refractivity contribution in [1.82, 2.24) is 9.80 Å². The fourth-order valence-corrected chi connectivity index (χ4v) is 4.33.